The van der Waals surface area contributed by atoms with Crippen LogP contribution in [0.5, 0.6) is 0 Å². The fourth-order valence-electron chi connectivity index (χ4n) is 1.80. The molecule has 0 aromatic carbocycles. The van der Waals surface area contributed by atoms with E-state index < -0.39 is 0 Å². The Morgan fingerprint density at radius 1 is 1.55 bits per heavy atom. The Kier molecular flexibility index (Phi) is 2.86. The highest BCUT2D eigenvalue weighted by Gasteiger charge is 2.28. The summed E-state index contributed by atoms with van der Waals surface area (Å²) in [4.78, 5) is 10.8. The van der Waals surface area contributed by atoms with Crippen LogP contribution in [0.4, 0.5) is 0 Å². The van der Waals surface area contributed by atoms with Crippen LogP contribution in [0.1, 0.15) is 39.0 Å². The molecular formula is C10H16O. The Labute approximate surface area is 68.5 Å². The van der Waals surface area contributed by atoms with Gasteiger partial charge in [0, 0.05) is 5.41 Å². The summed E-state index contributed by atoms with van der Waals surface area (Å²) >= 11 is 0. The van der Waals surface area contributed by atoms with Crippen LogP contribution < -0.4 is 0 Å². The van der Waals surface area contributed by atoms with Crippen molar-refractivity contribution < 1.29 is 4.79 Å². The maximum Gasteiger partial charge on any atom is 0.126 e. The smallest absolute Gasteiger partial charge is 0.126 e. The van der Waals surface area contributed by atoms with E-state index in [9.17, 15) is 4.79 Å². The molecule has 0 aromatic heterocycles. The normalized spacial score (nSPS) is 30.3. The molecule has 1 rings (SSSR count). The summed E-state index contributed by atoms with van der Waals surface area (Å²) in [6.45, 7) is 2.14. The molecule has 62 valence electrons. The standard InChI is InChI=1S/C10H16O/c1-2-6-10(9-11)7-4-3-5-8-10/h3-4,9H,2,5-8H2,1H3. The zero-order valence-corrected chi connectivity index (χ0v) is 7.18. The molecule has 0 spiro atoms. The van der Waals surface area contributed by atoms with Gasteiger partial charge < -0.3 is 4.79 Å². The molecule has 0 amide bonds. The maximum absolute atomic E-state index is 10.8. The number of hydrogen-bond donors (Lipinski definition) is 0. The summed E-state index contributed by atoms with van der Waals surface area (Å²) in [7, 11) is 0. The van der Waals surface area contributed by atoms with E-state index in [1.807, 2.05) is 0 Å². The molecule has 1 unspecified atom stereocenters. The first kappa shape index (κ1) is 8.51. The predicted octanol–water partition coefficient (Wildman–Crippen LogP) is 2.71. The Hall–Kier alpha value is -0.590. The van der Waals surface area contributed by atoms with Gasteiger partial charge in [0.25, 0.3) is 0 Å². The van der Waals surface area contributed by atoms with Crippen LogP contribution in [-0.4, -0.2) is 6.29 Å². The Morgan fingerprint density at radius 2 is 2.36 bits per heavy atom. The van der Waals surface area contributed by atoms with Crippen molar-refractivity contribution >= 4 is 6.29 Å². The van der Waals surface area contributed by atoms with Gasteiger partial charge >= 0.3 is 0 Å². The van der Waals surface area contributed by atoms with E-state index in [4.69, 9.17) is 0 Å². The zero-order valence-electron chi connectivity index (χ0n) is 7.18. The minimum Gasteiger partial charge on any atom is -0.303 e. The first-order chi connectivity index (χ1) is 5.33. The predicted molar refractivity (Wildman–Crippen MR) is 46.4 cm³/mol. The third kappa shape index (κ3) is 1.92. The average molecular weight is 152 g/mol. The van der Waals surface area contributed by atoms with Gasteiger partial charge in [0.15, 0.2) is 0 Å². The average Bonchev–Trinajstić information content (AvgIpc) is 2.07. The van der Waals surface area contributed by atoms with Crippen molar-refractivity contribution in [3.63, 3.8) is 0 Å². The molecule has 1 aliphatic carbocycles. The van der Waals surface area contributed by atoms with E-state index in [1.54, 1.807) is 0 Å². The lowest BCUT2D eigenvalue weighted by molar-refractivity contribution is -0.117. The Morgan fingerprint density at radius 3 is 2.82 bits per heavy atom. The van der Waals surface area contributed by atoms with Gasteiger partial charge in [0.05, 0.1) is 0 Å². The molecule has 0 N–H and O–H groups in total. The summed E-state index contributed by atoms with van der Waals surface area (Å²) < 4.78 is 0. The first-order valence-electron chi connectivity index (χ1n) is 4.44. The fourth-order valence-corrected chi connectivity index (χ4v) is 1.80. The topological polar surface area (TPSA) is 17.1 Å². The second-order valence-electron chi connectivity index (χ2n) is 3.44. The summed E-state index contributed by atoms with van der Waals surface area (Å²) in [5.41, 5.74) is 0.00347. The Balaban J connectivity index is 2.59. The van der Waals surface area contributed by atoms with Crippen LogP contribution in [0.3, 0.4) is 0 Å². The molecule has 1 aliphatic rings. The van der Waals surface area contributed by atoms with Gasteiger partial charge in [-0.2, -0.15) is 0 Å². The van der Waals surface area contributed by atoms with Gasteiger partial charge in [-0.25, -0.2) is 0 Å². The van der Waals surface area contributed by atoms with Gasteiger partial charge in [-0.3, -0.25) is 0 Å². The van der Waals surface area contributed by atoms with Crippen molar-refractivity contribution in [3.8, 4) is 0 Å². The van der Waals surface area contributed by atoms with E-state index in [0.29, 0.717) is 0 Å². The molecule has 0 saturated carbocycles. The lowest BCUT2D eigenvalue weighted by Crippen LogP contribution is -2.23. The largest absolute Gasteiger partial charge is 0.303 e. The van der Waals surface area contributed by atoms with Crippen LogP contribution in [0, 0.1) is 5.41 Å². The summed E-state index contributed by atoms with van der Waals surface area (Å²) in [6, 6.07) is 0. The molecule has 0 radical (unpaired) electrons. The van der Waals surface area contributed by atoms with Crippen molar-refractivity contribution in [2.45, 2.75) is 39.0 Å². The number of carbonyl (C=O) groups is 1. The minimum absolute atomic E-state index is 0.00347. The molecule has 0 heterocycles. The van der Waals surface area contributed by atoms with E-state index in [1.165, 1.54) is 6.29 Å². The summed E-state index contributed by atoms with van der Waals surface area (Å²) in [5.74, 6) is 0. The van der Waals surface area contributed by atoms with Gasteiger partial charge in [-0.15, -0.1) is 0 Å². The van der Waals surface area contributed by atoms with Crippen molar-refractivity contribution in [3.05, 3.63) is 12.2 Å². The number of hydrogen-bond acceptors (Lipinski definition) is 1. The summed E-state index contributed by atoms with van der Waals surface area (Å²) in [6.07, 6.45) is 10.8. The zero-order chi connectivity index (χ0) is 8.16. The van der Waals surface area contributed by atoms with Gasteiger partial charge in [-0.1, -0.05) is 25.5 Å². The van der Waals surface area contributed by atoms with Crippen molar-refractivity contribution in [1.82, 2.24) is 0 Å². The highest BCUT2D eigenvalue weighted by molar-refractivity contribution is 5.60. The fraction of sp³-hybridized carbons (Fsp3) is 0.700. The first-order valence-corrected chi connectivity index (χ1v) is 4.44. The van der Waals surface area contributed by atoms with E-state index in [2.05, 4.69) is 19.1 Å². The molecule has 0 aromatic rings. The molecule has 1 atom stereocenters. The van der Waals surface area contributed by atoms with Crippen molar-refractivity contribution in [2.24, 2.45) is 5.41 Å². The van der Waals surface area contributed by atoms with Crippen LogP contribution >= 0.6 is 0 Å². The maximum atomic E-state index is 10.8. The third-order valence-corrected chi connectivity index (χ3v) is 2.50. The quantitative estimate of drug-likeness (QED) is 0.449. The van der Waals surface area contributed by atoms with Crippen LogP contribution in [0.25, 0.3) is 0 Å². The minimum atomic E-state index is 0.00347. The third-order valence-electron chi connectivity index (χ3n) is 2.50. The number of aldehydes is 1. The number of rotatable bonds is 3. The van der Waals surface area contributed by atoms with Crippen LogP contribution in [0.15, 0.2) is 12.2 Å². The molecule has 0 aliphatic heterocycles. The highest BCUT2D eigenvalue weighted by atomic mass is 16.1. The van der Waals surface area contributed by atoms with Crippen LogP contribution in [0.2, 0.25) is 0 Å². The van der Waals surface area contributed by atoms with Crippen molar-refractivity contribution in [1.29, 1.82) is 0 Å². The van der Waals surface area contributed by atoms with E-state index in [0.717, 1.165) is 32.1 Å². The molecular weight excluding hydrogens is 136 g/mol. The van der Waals surface area contributed by atoms with E-state index >= 15 is 0 Å². The molecule has 0 bridgehead atoms. The molecule has 11 heavy (non-hydrogen) atoms. The molecule has 0 fully saturated rings. The molecule has 0 saturated heterocycles. The lowest BCUT2D eigenvalue weighted by Gasteiger charge is -2.28. The Bertz CT molecular complexity index is 160. The van der Waals surface area contributed by atoms with Gasteiger partial charge in [0.1, 0.15) is 6.29 Å². The molecule has 1 heteroatoms. The SMILES string of the molecule is CCCC1(C=O)CC=CCC1. The van der Waals surface area contributed by atoms with E-state index in [-0.39, 0.29) is 5.41 Å². The second-order valence-corrected chi connectivity index (χ2v) is 3.44. The van der Waals surface area contributed by atoms with Gasteiger partial charge in [0.2, 0.25) is 0 Å². The molecule has 1 nitrogen and oxygen atoms in total. The number of carbonyl (C=O) groups excluding carboxylic acids is 1. The lowest BCUT2D eigenvalue weighted by atomic mass is 9.75. The van der Waals surface area contributed by atoms with Crippen LogP contribution in [-0.2, 0) is 4.79 Å². The number of allylic oxidation sites excluding steroid dienone is 2. The van der Waals surface area contributed by atoms with Crippen molar-refractivity contribution in [2.75, 3.05) is 0 Å². The highest BCUT2D eigenvalue weighted by Crippen LogP contribution is 2.34. The monoisotopic (exact) mass is 152 g/mol. The summed E-state index contributed by atoms with van der Waals surface area (Å²) in [5, 5.41) is 0. The second kappa shape index (κ2) is 3.70. The van der Waals surface area contributed by atoms with Gasteiger partial charge in [-0.05, 0) is 25.7 Å².